The first-order valence-electron chi connectivity index (χ1n) is 7.23. The van der Waals surface area contributed by atoms with Crippen molar-refractivity contribution in [3.05, 3.63) is 35.4 Å². The summed E-state index contributed by atoms with van der Waals surface area (Å²) in [6.45, 7) is 10.3. The first-order chi connectivity index (χ1) is 9.20. The lowest BCUT2D eigenvalue weighted by atomic mass is 9.87. The lowest BCUT2D eigenvalue weighted by Crippen LogP contribution is -2.32. The molecule has 3 nitrogen and oxygen atoms in total. The Morgan fingerprint density at radius 1 is 1.20 bits per heavy atom. The molecular formula is C17H28N2O. The Hall–Kier alpha value is -1.35. The van der Waals surface area contributed by atoms with Crippen molar-refractivity contribution in [2.75, 3.05) is 27.2 Å². The van der Waals surface area contributed by atoms with Gasteiger partial charge in [-0.3, -0.25) is 4.79 Å². The van der Waals surface area contributed by atoms with Crippen LogP contribution < -0.4 is 5.32 Å². The van der Waals surface area contributed by atoms with Gasteiger partial charge in [0.15, 0.2) is 0 Å². The molecule has 1 amide bonds. The molecule has 0 saturated carbocycles. The van der Waals surface area contributed by atoms with Crippen molar-refractivity contribution in [2.45, 2.75) is 33.1 Å². The van der Waals surface area contributed by atoms with Gasteiger partial charge in [-0.05, 0) is 43.1 Å². The third-order valence-electron chi connectivity index (χ3n) is 3.30. The number of hydrogen-bond donors (Lipinski definition) is 1. The lowest BCUT2D eigenvalue weighted by molar-refractivity contribution is 0.0946. The summed E-state index contributed by atoms with van der Waals surface area (Å²) in [5, 5.41) is 3.00. The van der Waals surface area contributed by atoms with E-state index in [4.69, 9.17) is 0 Å². The van der Waals surface area contributed by atoms with Gasteiger partial charge in [-0.15, -0.1) is 0 Å². The molecule has 0 radical (unpaired) electrons. The summed E-state index contributed by atoms with van der Waals surface area (Å²) in [4.78, 5) is 14.2. The third kappa shape index (κ3) is 5.33. The molecule has 0 spiro atoms. The van der Waals surface area contributed by atoms with Crippen molar-refractivity contribution in [1.29, 1.82) is 0 Å². The highest BCUT2D eigenvalue weighted by Crippen LogP contribution is 2.22. The first kappa shape index (κ1) is 16.7. The fraction of sp³-hybridized carbons (Fsp3) is 0.588. The minimum atomic E-state index is 0.0102. The van der Waals surface area contributed by atoms with Gasteiger partial charge < -0.3 is 10.2 Å². The molecule has 0 aliphatic rings. The van der Waals surface area contributed by atoms with Gasteiger partial charge in [-0.1, -0.05) is 39.8 Å². The Morgan fingerprint density at radius 2 is 1.75 bits per heavy atom. The van der Waals surface area contributed by atoms with Crippen LogP contribution in [0.25, 0.3) is 0 Å². The van der Waals surface area contributed by atoms with Crippen molar-refractivity contribution in [3.63, 3.8) is 0 Å². The minimum absolute atomic E-state index is 0.0102. The molecule has 0 aliphatic carbocycles. The van der Waals surface area contributed by atoms with Crippen LogP contribution in [0.3, 0.4) is 0 Å². The number of hydrogen-bond acceptors (Lipinski definition) is 2. The van der Waals surface area contributed by atoms with E-state index in [1.807, 2.05) is 38.4 Å². The molecule has 0 bridgehead atoms. The molecular weight excluding hydrogens is 248 g/mol. The number of carbonyl (C=O) groups excluding carboxylic acids is 1. The van der Waals surface area contributed by atoms with Crippen molar-refractivity contribution in [2.24, 2.45) is 5.92 Å². The summed E-state index contributed by atoms with van der Waals surface area (Å²) in [5.41, 5.74) is 2.10. The normalized spacial score (nSPS) is 13.3. The predicted octanol–water partition coefficient (Wildman–Crippen LogP) is 2.91. The molecule has 20 heavy (non-hydrogen) atoms. The molecule has 0 aromatic heterocycles. The zero-order valence-electron chi connectivity index (χ0n) is 13.7. The number of amides is 1. The number of nitrogens with one attached hydrogen (secondary N) is 1. The highest BCUT2D eigenvalue weighted by molar-refractivity contribution is 5.94. The third-order valence-corrected chi connectivity index (χ3v) is 3.30. The topological polar surface area (TPSA) is 32.3 Å². The zero-order valence-corrected chi connectivity index (χ0v) is 13.7. The van der Waals surface area contributed by atoms with Crippen LogP contribution in [0.2, 0.25) is 0 Å². The van der Waals surface area contributed by atoms with Gasteiger partial charge in [-0.2, -0.15) is 0 Å². The SMILES string of the molecule is C[C@H](CNC(=O)c1ccc(C(C)(C)C)cc1)CN(C)C. The summed E-state index contributed by atoms with van der Waals surface area (Å²) < 4.78 is 0. The van der Waals surface area contributed by atoms with Crippen molar-refractivity contribution < 1.29 is 4.79 Å². The van der Waals surface area contributed by atoms with Gasteiger partial charge in [0.05, 0.1) is 0 Å². The molecule has 0 fully saturated rings. The van der Waals surface area contributed by atoms with E-state index >= 15 is 0 Å². The second-order valence-corrected chi connectivity index (χ2v) is 6.90. The predicted molar refractivity (Wildman–Crippen MR) is 85.2 cm³/mol. The van der Waals surface area contributed by atoms with Crippen LogP contribution in [0.4, 0.5) is 0 Å². The van der Waals surface area contributed by atoms with E-state index in [9.17, 15) is 4.79 Å². The molecule has 1 N–H and O–H groups in total. The first-order valence-corrected chi connectivity index (χ1v) is 7.23. The summed E-state index contributed by atoms with van der Waals surface area (Å²) in [6, 6.07) is 7.90. The molecule has 0 heterocycles. The maximum atomic E-state index is 12.1. The van der Waals surface area contributed by atoms with Crippen LogP contribution in [0.15, 0.2) is 24.3 Å². The Balaban J connectivity index is 2.56. The molecule has 1 aromatic rings. The summed E-state index contributed by atoms with van der Waals surface area (Å²) >= 11 is 0. The van der Waals surface area contributed by atoms with Gasteiger partial charge in [0.25, 0.3) is 5.91 Å². The van der Waals surface area contributed by atoms with E-state index in [0.29, 0.717) is 12.5 Å². The highest BCUT2D eigenvalue weighted by atomic mass is 16.1. The van der Waals surface area contributed by atoms with Gasteiger partial charge in [0, 0.05) is 18.7 Å². The van der Waals surface area contributed by atoms with Crippen molar-refractivity contribution in [1.82, 2.24) is 10.2 Å². The number of carbonyl (C=O) groups is 1. The molecule has 3 heteroatoms. The van der Waals surface area contributed by atoms with E-state index < -0.39 is 0 Å². The Morgan fingerprint density at radius 3 is 2.20 bits per heavy atom. The molecule has 0 unspecified atom stereocenters. The van der Waals surface area contributed by atoms with Crippen LogP contribution in [0.1, 0.15) is 43.6 Å². The zero-order chi connectivity index (χ0) is 15.3. The number of nitrogens with zero attached hydrogens (tertiary/aromatic N) is 1. The monoisotopic (exact) mass is 276 g/mol. The standard InChI is InChI=1S/C17H28N2O/c1-13(12-19(5)6)11-18-16(20)14-7-9-15(10-8-14)17(2,3)4/h7-10,13H,11-12H2,1-6H3,(H,18,20)/t13-/m1/s1. The molecule has 1 aromatic carbocycles. The van der Waals surface area contributed by atoms with Crippen LogP contribution in [-0.2, 0) is 5.41 Å². The van der Waals surface area contributed by atoms with Gasteiger partial charge in [0.1, 0.15) is 0 Å². The van der Waals surface area contributed by atoms with E-state index in [0.717, 1.165) is 12.1 Å². The summed E-state index contributed by atoms with van der Waals surface area (Å²) in [6.07, 6.45) is 0. The molecule has 0 aliphatic heterocycles. The van der Waals surface area contributed by atoms with Gasteiger partial charge >= 0.3 is 0 Å². The van der Waals surface area contributed by atoms with Crippen LogP contribution in [0, 0.1) is 5.92 Å². The van der Waals surface area contributed by atoms with Gasteiger partial charge in [-0.25, -0.2) is 0 Å². The van der Waals surface area contributed by atoms with E-state index in [-0.39, 0.29) is 11.3 Å². The molecule has 1 atom stereocenters. The average Bonchev–Trinajstić information content (AvgIpc) is 2.34. The summed E-state index contributed by atoms with van der Waals surface area (Å²) in [5.74, 6) is 0.457. The van der Waals surface area contributed by atoms with Crippen molar-refractivity contribution >= 4 is 5.91 Å². The van der Waals surface area contributed by atoms with E-state index in [1.165, 1.54) is 5.56 Å². The van der Waals surface area contributed by atoms with E-state index in [2.05, 4.69) is 37.9 Å². The van der Waals surface area contributed by atoms with E-state index in [1.54, 1.807) is 0 Å². The number of rotatable bonds is 5. The molecule has 112 valence electrons. The molecule has 0 saturated heterocycles. The maximum absolute atomic E-state index is 12.1. The van der Waals surface area contributed by atoms with Crippen LogP contribution in [-0.4, -0.2) is 38.0 Å². The fourth-order valence-corrected chi connectivity index (χ4v) is 2.18. The Kier molecular flexibility index (Phi) is 5.75. The average molecular weight is 276 g/mol. The minimum Gasteiger partial charge on any atom is -0.352 e. The smallest absolute Gasteiger partial charge is 0.251 e. The van der Waals surface area contributed by atoms with Gasteiger partial charge in [0.2, 0.25) is 0 Å². The Labute approximate surface area is 123 Å². The number of benzene rings is 1. The second-order valence-electron chi connectivity index (χ2n) is 6.90. The highest BCUT2D eigenvalue weighted by Gasteiger charge is 2.14. The van der Waals surface area contributed by atoms with Crippen molar-refractivity contribution in [3.8, 4) is 0 Å². The van der Waals surface area contributed by atoms with Crippen LogP contribution >= 0.6 is 0 Å². The molecule has 1 rings (SSSR count). The maximum Gasteiger partial charge on any atom is 0.251 e. The largest absolute Gasteiger partial charge is 0.352 e. The lowest BCUT2D eigenvalue weighted by Gasteiger charge is -2.19. The van der Waals surface area contributed by atoms with Crippen LogP contribution in [0.5, 0.6) is 0 Å². The fourth-order valence-electron chi connectivity index (χ4n) is 2.18. The quantitative estimate of drug-likeness (QED) is 0.897. The Bertz CT molecular complexity index is 429. The summed E-state index contributed by atoms with van der Waals surface area (Å²) in [7, 11) is 4.09. The second kappa shape index (κ2) is 6.89.